The van der Waals surface area contributed by atoms with Gasteiger partial charge in [-0.1, -0.05) is 35.3 Å². The van der Waals surface area contributed by atoms with Crippen LogP contribution in [0.5, 0.6) is 0 Å². The first-order chi connectivity index (χ1) is 18.1. The molecule has 1 saturated heterocycles. The number of anilines is 2. The predicted molar refractivity (Wildman–Crippen MR) is 139 cm³/mol. The van der Waals surface area contributed by atoms with E-state index in [1.54, 1.807) is 29.3 Å². The molecule has 3 heterocycles. The van der Waals surface area contributed by atoms with Crippen molar-refractivity contribution in [1.82, 2.24) is 24.8 Å². The van der Waals surface area contributed by atoms with Crippen molar-refractivity contribution < 1.29 is 18.0 Å². The molecule has 13 heteroatoms. The van der Waals surface area contributed by atoms with Gasteiger partial charge in [-0.3, -0.25) is 4.79 Å². The number of benzene rings is 2. The van der Waals surface area contributed by atoms with Gasteiger partial charge >= 0.3 is 6.18 Å². The number of carbonyl (C=O) groups is 1. The minimum atomic E-state index is -4.42. The number of fused-ring (bicyclic) bond motifs is 1. The van der Waals surface area contributed by atoms with Gasteiger partial charge in [0.25, 0.3) is 0 Å². The molecule has 2 aromatic carbocycles. The van der Waals surface area contributed by atoms with Crippen LogP contribution in [-0.2, 0) is 17.4 Å². The lowest BCUT2D eigenvalue weighted by Crippen LogP contribution is -2.49. The van der Waals surface area contributed by atoms with Gasteiger partial charge in [0.15, 0.2) is 17.0 Å². The average Bonchev–Trinajstić information content (AvgIpc) is 2.88. The molecule has 1 aliphatic heterocycles. The summed E-state index contributed by atoms with van der Waals surface area (Å²) in [5.74, 6) is 0.359. The molecule has 2 N–H and O–H groups in total. The average molecular weight is 562 g/mol. The minimum Gasteiger partial charge on any atom is -0.368 e. The topological polar surface area (TPSA) is 101 Å². The molecule has 1 aliphatic rings. The highest BCUT2D eigenvalue weighted by molar-refractivity contribution is 6.36. The normalized spacial score (nSPS) is 14.2. The predicted octanol–water partition coefficient (Wildman–Crippen LogP) is 4.89. The van der Waals surface area contributed by atoms with E-state index in [2.05, 4.69) is 15.0 Å². The molecule has 4 aromatic rings. The fourth-order valence-electron chi connectivity index (χ4n) is 4.22. The van der Waals surface area contributed by atoms with Crippen molar-refractivity contribution >= 4 is 52.0 Å². The second-order valence-corrected chi connectivity index (χ2v) is 9.54. The van der Waals surface area contributed by atoms with Gasteiger partial charge in [-0.05, 0) is 35.9 Å². The van der Waals surface area contributed by atoms with E-state index < -0.39 is 11.7 Å². The first-order valence-electron chi connectivity index (χ1n) is 11.5. The van der Waals surface area contributed by atoms with Crippen LogP contribution >= 0.6 is 23.2 Å². The molecule has 38 heavy (non-hydrogen) atoms. The second kappa shape index (κ2) is 10.2. The summed E-state index contributed by atoms with van der Waals surface area (Å²) >= 11 is 12.4. The van der Waals surface area contributed by atoms with Gasteiger partial charge in [0, 0.05) is 36.8 Å². The molecule has 0 unspecified atom stereocenters. The lowest BCUT2D eigenvalue weighted by molar-refractivity contribution is -0.137. The van der Waals surface area contributed by atoms with Gasteiger partial charge in [-0.15, -0.1) is 0 Å². The summed E-state index contributed by atoms with van der Waals surface area (Å²) in [6.07, 6.45) is -2.86. The smallest absolute Gasteiger partial charge is 0.368 e. The van der Waals surface area contributed by atoms with E-state index >= 15 is 0 Å². The lowest BCUT2D eigenvalue weighted by Gasteiger charge is -2.35. The van der Waals surface area contributed by atoms with E-state index in [0.717, 1.165) is 12.1 Å². The number of alkyl halides is 3. The molecule has 0 aliphatic carbocycles. The molecule has 0 saturated carbocycles. The van der Waals surface area contributed by atoms with Crippen LogP contribution in [0.15, 0.2) is 48.7 Å². The third-order valence-corrected chi connectivity index (χ3v) is 6.73. The highest BCUT2D eigenvalue weighted by Crippen LogP contribution is 2.32. The lowest BCUT2D eigenvalue weighted by atomic mass is 10.1. The Labute approximate surface area is 225 Å². The van der Waals surface area contributed by atoms with Crippen LogP contribution in [0, 0.1) is 0 Å². The molecule has 1 amide bonds. The Morgan fingerprint density at radius 3 is 2.34 bits per heavy atom. The van der Waals surface area contributed by atoms with E-state index in [0.29, 0.717) is 70.0 Å². The molecular formula is C25H20Cl2F3N7O. The Bertz CT molecular complexity index is 1510. The van der Waals surface area contributed by atoms with Crippen LogP contribution in [0.2, 0.25) is 10.0 Å². The molecule has 8 nitrogen and oxygen atoms in total. The fraction of sp³-hybridized carbons (Fsp3) is 0.240. The number of halogens is 5. The summed E-state index contributed by atoms with van der Waals surface area (Å²) in [5.41, 5.74) is 7.62. The summed E-state index contributed by atoms with van der Waals surface area (Å²) < 4.78 is 38.4. The molecule has 0 radical (unpaired) electrons. The van der Waals surface area contributed by atoms with Crippen LogP contribution in [-0.4, -0.2) is 56.9 Å². The number of carbonyl (C=O) groups excluding carboxylic acids is 1. The standard InChI is InChI=1S/C25H20Cl2F3N7O/c26-16-5-6-17(18(27)12-16)19-13-32-22-21(33-19)23(35-24(31)34-22)37-9-7-36(8-10-37)20(38)11-14-1-3-15(4-2-14)25(28,29)30/h1-6,12-13H,7-11H2,(H2,31,32,34,35). The quantitative estimate of drug-likeness (QED) is 0.378. The summed E-state index contributed by atoms with van der Waals surface area (Å²) in [6, 6.07) is 9.70. The number of hydrogen-bond donors (Lipinski definition) is 1. The summed E-state index contributed by atoms with van der Waals surface area (Å²) in [6.45, 7) is 1.66. The minimum absolute atomic E-state index is 0.0121. The maximum Gasteiger partial charge on any atom is 0.416 e. The third kappa shape index (κ3) is 5.44. The maximum absolute atomic E-state index is 12.8. The van der Waals surface area contributed by atoms with Gasteiger partial charge in [0.05, 0.1) is 28.9 Å². The number of hydrogen-bond acceptors (Lipinski definition) is 7. The molecule has 0 atom stereocenters. The second-order valence-electron chi connectivity index (χ2n) is 8.70. The zero-order chi connectivity index (χ0) is 27.0. The Morgan fingerprint density at radius 2 is 1.68 bits per heavy atom. The monoisotopic (exact) mass is 561 g/mol. The van der Waals surface area contributed by atoms with E-state index in [1.807, 2.05) is 4.90 Å². The highest BCUT2D eigenvalue weighted by atomic mass is 35.5. The molecular weight excluding hydrogens is 542 g/mol. The molecule has 2 aromatic heterocycles. The zero-order valence-corrected chi connectivity index (χ0v) is 21.2. The number of amides is 1. The maximum atomic E-state index is 12.8. The van der Waals surface area contributed by atoms with Gasteiger partial charge < -0.3 is 15.5 Å². The number of rotatable bonds is 4. The zero-order valence-electron chi connectivity index (χ0n) is 19.7. The molecule has 196 valence electrons. The third-order valence-electron chi connectivity index (χ3n) is 6.18. The van der Waals surface area contributed by atoms with Crippen LogP contribution in [0.4, 0.5) is 24.9 Å². The van der Waals surface area contributed by atoms with Crippen LogP contribution in [0.25, 0.3) is 22.4 Å². The Kier molecular flexibility index (Phi) is 6.97. The van der Waals surface area contributed by atoms with E-state index in [-0.39, 0.29) is 18.3 Å². The van der Waals surface area contributed by atoms with Crippen molar-refractivity contribution in [2.24, 2.45) is 0 Å². The van der Waals surface area contributed by atoms with Gasteiger partial charge in [-0.25, -0.2) is 9.97 Å². The number of aromatic nitrogens is 4. The molecule has 5 rings (SSSR count). The molecule has 1 fully saturated rings. The van der Waals surface area contributed by atoms with Gasteiger partial charge in [-0.2, -0.15) is 23.1 Å². The van der Waals surface area contributed by atoms with Crippen LogP contribution in [0.1, 0.15) is 11.1 Å². The summed E-state index contributed by atoms with van der Waals surface area (Å²) in [4.78, 5) is 34.1. The number of nitrogens with zero attached hydrogens (tertiary/aromatic N) is 6. The first kappa shape index (κ1) is 25.9. The number of nitrogen functional groups attached to an aromatic ring is 1. The van der Waals surface area contributed by atoms with Gasteiger partial charge in [0.1, 0.15) is 0 Å². The van der Waals surface area contributed by atoms with Crippen molar-refractivity contribution in [3.8, 4) is 11.3 Å². The SMILES string of the molecule is Nc1nc(N2CCN(C(=O)Cc3ccc(C(F)(F)F)cc3)CC2)c2nc(-c3ccc(Cl)cc3Cl)cnc2n1. The van der Waals surface area contributed by atoms with Crippen molar-refractivity contribution in [3.05, 3.63) is 69.8 Å². The van der Waals surface area contributed by atoms with E-state index in [1.165, 1.54) is 12.1 Å². The fourth-order valence-corrected chi connectivity index (χ4v) is 4.73. The number of piperazine rings is 1. The van der Waals surface area contributed by atoms with E-state index in [4.69, 9.17) is 33.9 Å². The Balaban J connectivity index is 1.32. The van der Waals surface area contributed by atoms with Crippen LogP contribution < -0.4 is 10.6 Å². The van der Waals surface area contributed by atoms with Crippen LogP contribution in [0.3, 0.4) is 0 Å². The van der Waals surface area contributed by atoms with Crippen molar-refractivity contribution in [1.29, 1.82) is 0 Å². The first-order valence-corrected chi connectivity index (χ1v) is 12.3. The van der Waals surface area contributed by atoms with E-state index in [9.17, 15) is 18.0 Å². The Hall–Kier alpha value is -3.70. The molecule has 0 spiro atoms. The highest BCUT2D eigenvalue weighted by Gasteiger charge is 2.30. The summed E-state index contributed by atoms with van der Waals surface area (Å²) in [5, 5.41) is 0.916. The molecule has 0 bridgehead atoms. The Morgan fingerprint density at radius 1 is 0.974 bits per heavy atom. The number of nitrogens with two attached hydrogens (primary N) is 1. The van der Waals surface area contributed by atoms with Crippen molar-refractivity contribution in [3.63, 3.8) is 0 Å². The van der Waals surface area contributed by atoms with Gasteiger partial charge in [0.2, 0.25) is 11.9 Å². The van der Waals surface area contributed by atoms with Crippen molar-refractivity contribution in [2.75, 3.05) is 36.8 Å². The largest absolute Gasteiger partial charge is 0.416 e. The summed E-state index contributed by atoms with van der Waals surface area (Å²) in [7, 11) is 0. The van der Waals surface area contributed by atoms with Crippen molar-refractivity contribution in [2.45, 2.75) is 12.6 Å².